The second-order valence-electron chi connectivity index (χ2n) is 3.37. The fraction of sp³-hybridized carbons (Fsp3) is 0.889. The van der Waals surface area contributed by atoms with E-state index < -0.39 is 0 Å². The van der Waals surface area contributed by atoms with Gasteiger partial charge in [-0.1, -0.05) is 0 Å². The Hall–Kier alpha value is -0.770. The van der Waals surface area contributed by atoms with Gasteiger partial charge in [0.2, 0.25) is 0 Å². The Morgan fingerprint density at radius 1 is 1.69 bits per heavy atom. The number of nitrogens with zero attached hydrogens (tertiary/aromatic N) is 1. The van der Waals surface area contributed by atoms with Crippen molar-refractivity contribution in [3.8, 4) is 0 Å². The maximum absolute atomic E-state index is 11.2. The van der Waals surface area contributed by atoms with Gasteiger partial charge in [0.1, 0.15) is 0 Å². The Morgan fingerprint density at radius 3 is 3.00 bits per heavy atom. The van der Waals surface area contributed by atoms with Crippen LogP contribution in [0.1, 0.15) is 19.8 Å². The number of rotatable bonds is 3. The molecular formula is C9H18N2O2. The van der Waals surface area contributed by atoms with E-state index in [-0.39, 0.29) is 6.09 Å². The van der Waals surface area contributed by atoms with Crippen LogP contribution < -0.4 is 5.32 Å². The molecule has 4 nitrogen and oxygen atoms in total. The summed E-state index contributed by atoms with van der Waals surface area (Å²) in [6.07, 6.45) is 2.14. The molecule has 0 aliphatic carbocycles. The fourth-order valence-electron chi connectivity index (χ4n) is 1.55. The number of nitrogens with one attached hydrogen (secondary N) is 1. The van der Waals surface area contributed by atoms with Gasteiger partial charge in [-0.2, -0.15) is 0 Å². The van der Waals surface area contributed by atoms with Crippen molar-refractivity contribution in [1.82, 2.24) is 10.2 Å². The molecule has 4 heteroatoms. The first kappa shape index (κ1) is 10.3. The first-order chi connectivity index (χ1) is 6.24. The number of carbonyl (C=O) groups excluding carboxylic acids is 1. The topological polar surface area (TPSA) is 41.6 Å². The molecular weight excluding hydrogens is 168 g/mol. The van der Waals surface area contributed by atoms with E-state index in [0.717, 1.165) is 19.5 Å². The Bertz CT molecular complexity index is 167. The summed E-state index contributed by atoms with van der Waals surface area (Å²) in [6.45, 7) is 4.08. The molecule has 1 saturated heterocycles. The van der Waals surface area contributed by atoms with Crippen molar-refractivity contribution < 1.29 is 9.53 Å². The van der Waals surface area contributed by atoms with Gasteiger partial charge in [-0.05, 0) is 26.3 Å². The van der Waals surface area contributed by atoms with Gasteiger partial charge >= 0.3 is 6.09 Å². The minimum Gasteiger partial charge on any atom is -0.450 e. The minimum absolute atomic E-state index is 0.226. The van der Waals surface area contributed by atoms with E-state index in [1.165, 1.54) is 6.42 Å². The average Bonchev–Trinajstić information content (AvgIpc) is 2.57. The second kappa shape index (κ2) is 5.07. The first-order valence-corrected chi connectivity index (χ1v) is 4.85. The Morgan fingerprint density at radius 2 is 2.46 bits per heavy atom. The molecule has 1 atom stereocenters. The molecule has 1 rings (SSSR count). The van der Waals surface area contributed by atoms with Crippen molar-refractivity contribution in [1.29, 1.82) is 0 Å². The summed E-state index contributed by atoms with van der Waals surface area (Å²) < 4.78 is 4.87. The third-order valence-corrected chi connectivity index (χ3v) is 2.24. The van der Waals surface area contributed by atoms with E-state index in [1.54, 1.807) is 11.9 Å². The summed E-state index contributed by atoms with van der Waals surface area (Å²) in [5.41, 5.74) is 0. The maximum Gasteiger partial charge on any atom is 0.409 e. The SMILES string of the molecule is CCOC(=O)N(C)CC1CCCN1. The quantitative estimate of drug-likeness (QED) is 0.709. The highest BCUT2D eigenvalue weighted by atomic mass is 16.5. The minimum atomic E-state index is -0.226. The van der Waals surface area contributed by atoms with Crippen LogP contribution >= 0.6 is 0 Å². The lowest BCUT2D eigenvalue weighted by Gasteiger charge is -2.20. The van der Waals surface area contributed by atoms with E-state index >= 15 is 0 Å². The summed E-state index contributed by atoms with van der Waals surface area (Å²) >= 11 is 0. The Kier molecular flexibility index (Phi) is 4.02. The number of hydrogen-bond acceptors (Lipinski definition) is 3. The van der Waals surface area contributed by atoms with E-state index in [2.05, 4.69) is 5.32 Å². The van der Waals surface area contributed by atoms with Crippen molar-refractivity contribution >= 4 is 6.09 Å². The highest BCUT2D eigenvalue weighted by Crippen LogP contribution is 2.06. The lowest BCUT2D eigenvalue weighted by atomic mass is 10.2. The summed E-state index contributed by atoms with van der Waals surface area (Å²) in [7, 11) is 1.78. The highest BCUT2D eigenvalue weighted by molar-refractivity contribution is 5.67. The predicted octanol–water partition coefficient (Wildman–Crippen LogP) is 0.827. The van der Waals surface area contributed by atoms with Crippen molar-refractivity contribution in [2.45, 2.75) is 25.8 Å². The molecule has 0 aromatic heterocycles. The number of carbonyl (C=O) groups is 1. The molecule has 76 valence electrons. The number of amides is 1. The van der Waals surface area contributed by atoms with Crippen LogP contribution in [0, 0.1) is 0 Å². The molecule has 0 spiro atoms. The molecule has 1 aliphatic heterocycles. The third kappa shape index (κ3) is 3.22. The summed E-state index contributed by atoms with van der Waals surface area (Å²) in [6, 6.07) is 0.453. The molecule has 1 heterocycles. The van der Waals surface area contributed by atoms with Crippen LogP contribution in [0.15, 0.2) is 0 Å². The third-order valence-electron chi connectivity index (χ3n) is 2.24. The average molecular weight is 186 g/mol. The standard InChI is InChI=1S/C9H18N2O2/c1-3-13-9(12)11(2)7-8-5-4-6-10-8/h8,10H,3-7H2,1-2H3. The summed E-state index contributed by atoms with van der Waals surface area (Å²) in [5.74, 6) is 0. The van der Waals surface area contributed by atoms with Crippen molar-refractivity contribution in [2.24, 2.45) is 0 Å². The zero-order valence-electron chi connectivity index (χ0n) is 8.38. The van der Waals surface area contributed by atoms with Crippen molar-refractivity contribution in [3.05, 3.63) is 0 Å². The van der Waals surface area contributed by atoms with Crippen LogP contribution in [0.4, 0.5) is 4.79 Å². The van der Waals surface area contributed by atoms with Gasteiger partial charge < -0.3 is 15.0 Å². The molecule has 1 aliphatic rings. The molecule has 0 saturated carbocycles. The molecule has 0 radical (unpaired) electrons. The van der Waals surface area contributed by atoms with E-state index in [9.17, 15) is 4.79 Å². The summed E-state index contributed by atoms with van der Waals surface area (Å²) in [5, 5.41) is 3.34. The van der Waals surface area contributed by atoms with Crippen molar-refractivity contribution in [2.75, 3.05) is 26.7 Å². The lowest BCUT2D eigenvalue weighted by molar-refractivity contribution is 0.113. The molecule has 13 heavy (non-hydrogen) atoms. The van der Waals surface area contributed by atoms with E-state index in [1.807, 2.05) is 6.92 Å². The molecule has 0 aromatic carbocycles. The maximum atomic E-state index is 11.2. The van der Waals surface area contributed by atoms with Crippen molar-refractivity contribution in [3.63, 3.8) is 0 Å². The highest BCUT2D eigenvalue weighted by Gasteiger charge is 2.18. The predicted molar refractivity (Wildman–Crippen MR) is 50.7 cm³/mol. The molecule has 1 unspecified atom stereocenters. The molecule has 1 N–H and O–H groups in total. The van der Waals surface area contributed by atoms with Crippen LogP contribution in [0.25, 0.3) is 0 Å². The number of likely N-dealkylation sites (N-methyl/N-ethyl adjacent to an activating group) is 1. The van der Waals surface area contributed by atoms with Crippen LogP contribution in [0.3, 0.4) is 0 Å². The first-order valence-electron chi connectivity index (χ1n) is 4.85. The largest absolute Gasteiger partial charge is 0.450 e. The summed E-state index contributed by atoms with van der Waals surface area (Å²) in [4.78, 5) is 12.8. The van der Waals surface area contributed by atoms with E-state index in [0.29, 0.717) is 12.6 Å². The van der Waals surface area contributed by atoms with Crippen LogP contribution in [0.2, 0.25) is 0 Å². The monoisotopic (exact) mass is 186 g/mol. The van der Waals surface area contributed by atoms with Gasteiger partial charge in [-0.25, -0.2) is 4.79 Å². The Balaban J connectivity index is 2.22. The van der Waals surface area contributed by atoms with Gasteiger partial charge in [-0.15, -0.1) is 0 Å². The molecule has 1 amide bonds. The lowest BCUT2D eigenvalue weighted by Crippen LogP contribution is -2.38. The fourth-order valence-corrected chi connectivity index (χ4v) is 1.55. The number of hydrogen-bond donors (Lipinski definition) is 1. The van der Waals surface area contributed by atoms with Gasteiger partial charge in [0, 0.05) is 19.6 Å². The normalized spacial score (nSPS) is 21.5. The molecule has 0 aromatic rings. The van der Waals surface area contributed by atoms with Crippen LogP contribution in [-0.4, -0.2) is 43.8 Å². The van der Waals surface area contributed by atoms with Gasteiger partial charge in [0.15, 0.2) is 0 Å². The zero-order chi connectivity index (χ0) is 9.68. The van der Waals surface area contributed by atoms with Gasteiger partial charge in [0.25, 0.3) is 0 Å². The van der Waals surface area contributed by atoms with Crippen LogP contribution in [0.5, 0.6) is 0 Å². The van der Waals surface area contributed by atoms with Crippen LogP contribution in [-0.2, 0) is 4.74 Å². The zero-order valence-corrected chi connectivity index (χ0v) is 8.38. The van der Waals surface area contributed by atoms with Gasteiger partial charge in [0.05, 0.1) is 6.61 Å². The molecule has 1 fully saturated rings. The number of ether oxygens (including phenoxy) is 1. The van der Waals surface area contributed by atoms with E-state index in [4.69, 9.17) is 4.74 Å². The smallest absolute Gasteiger partial charge is 0.409 e. The second-order valence-corrected chi connectivity index (χ2v) is 3.37. The Labute approximate surface area is 79.2 Å². The van der Waals surface area contributed by atoms with Gasteiger partial charge in [-0.3, -0.25) is 0 Å². The molecule has 0 bridgehead atoms.